The predicted molar refractivity (Wildman–Crippen MR) is 73.6 cm³/mol. The van der Waals surface area contributed by atoms with Crippen molar-refractivity contribution >= 4 is 0 Å². The number of hydrogen-bond donors (Lipinski definition) is 2. The fourth-order valence-electron chi connectivity index (χ4n) is 3.26. The van der Waals surface area contributed by atoms with Gasteiger partial charge in [0.05, 0.1) is 12.1 Å². The van der Waals surface area contributed by atoms with Gasteiger partial charge in [-0.1, -0.05) is 38.1 Å². The molecule has 1 aromatic rings. The van der Waals surface area contributed by atoms with E-state index in [9.17, 15) is 5.11 Å². The first kappa shape index (κ1) is 12.2. The van der Waals surface area contributed by atoms with Crippen LogP contribution in [0.1, 0.15) is 50.7 Å². The highest BCUT2D eigenvalue weighted by Gasteiger charge is 2.44. The molecule has 0 aromatic heterocycles. The smallest absolute Gasteiger partial charge is 0.0674 e. The highest BCUT2D eigenvalue weighted by Crippen LogP contribution is 2.45. The van der Waals surface area contributed by atoms with E-state index in [-0.39, 0.29) is 17.6 Å². The van der Waals surface area contributed by atoms with Crippen molar-refractivity contribution in [3.8, 4) is 0 Å². The quantitative estimate of drug-likeness (QED) is 0.858. The van der Waals surface area contributed by atoms with Gasteiger partial charge in [-0.25, -0.2) is 0 Å². The molecule has 3 rings (SSSR count). The zero-order valence-electron chi connectivity index (χ0n) is 11.4. The van der Waals surface area contributed by atoms with Crippen LogP contribution in [0.15, 0.2) is 24.3 Å². The van der Waals surface area contributed by atoms with Crippen LogP contribution in [-0.4, -0.2) is 17.8 Å². The summed E-state index contributed by atoms with van der Waals surface area (Å²) in [6.07, 6.45) is 4.68. The normalized spacial score (nSPS) is 29.9. The number of aliphatic hydroxyl groups is 1. The van der Waals surface area contributed by atoms with Gasteiger partial charge in [0.2, 0.25) is 0 Å². The Hall–Kier alpha value is -0.860. The van der Waals surface area contributed by atoms with E-state index in [1.165, 1.54) is 24.0 Å². The van der Waals surface area contributed by atoms with Crippen molar-refractivity contribution < 1.29 is 5.11 Å². The Morgan fingerprint density at radius 2 is 1.83 bits per heavy atom. The lowest BCUT2D eigenvalue weighted by Crippen LogP contribution is -2.51. The molecule has 1 atom stereocenters. The van der Waals surface area contributed by atoms with Crippen LogP contribution in [0.4, 0.5) is 0 Å². The first-order valence-corrected chi connectivity index (χ1v) is 7.06. The van der Waals surface area contributed by atoms with Crippen LogP contribution in [0.25, 0.3) is 0 Å². The van der Waals surface area contributed by atoms with E-state index in [2.05, 4.69) is 43.4 Å². The molecule has 2 N–H and O–H groups in total. The van der Waals surface area contributed by atoms with Gasteiger partial charge in [-0.05, 0) is 42.2 Å². The Labute approximate surface area is 109 Å². The average Bonchev–Trinajstić information content (AvgIpc) is 3.18. The molecule has 1 fully saturated rings. The standard InChI is InChI=1S/C16H23NO/c1-15(2)9-10-16(11-18,17-12-7-8-12)14-6-4-3-5-13(14)15/h3-6,12,17-18H,7-11H2,1-2H3. The summed E-state index contributed by atoms with van der Waals surface area (Å²) in [6, 6.07) is 9.26. The molecule has 2 heteroatoms. The van der Waals surface area contributed by atoms with E-state index in [1.54, 1.807) is 0 Å². The van der Waals surface area contributed by atoms with Crippen LogP contribution in [0, 0.1) is 0 Å². The minimum atomic E-state index is -0.201. The third-order valence-corrected chi connectivity index (χ3v) is 4.68. The summed E-state index contributed by atoms with van der Waals surface area (Å²) in [7, 11) is 0. The summed E-state index contributed by atoms with van der Waals surface area (Å²) in [4.78, 5) is 0. The van der Waals surface area contributed by atoms with Gasteiger partial charge < -0.3 is 10.4 Å². The largest absolute Gasteiger partial charge is 0.394 e. The second-order valence-corrected chi connectivity index (χ2v) is 6.59. The molecule has 0 radical (unpaired) electrons. The molecule has 2 aliphatic carbocycles. The zero-order chi connectivity index (χ0) is 12.8. The molecule has 98 valence electrons. The summed E-state index contributed by atoms with van der Waals surface area (Å²) < 4.78 is 0. The minimum Gasteiger partial charge on any atom is -0.394 e. The number of aliphatic hydroxyl groups excluding tert-OH is 1. The van der Waals surface area contributed by atoms with Crippen LogP contribution in [-0.2, 0) is 11.0 Å². The summed E-state index contributed by atoms with van der Waals surface area (Å²) in [6.45, 7) is 4.82. The molecule has 1 aromatic carbocycles. The van der Waals surface area contributed by atoms with Gasteiger partial charge in [0, 0.05) is 6.04 Å². The molecule has 0 bridgehead atoms. The molecule has 1 unspecified atom stereocenters. The lowest BCUT2D eigenvalue weighted by molar-refractivity contribution is 0.126. The van der Waals surface area contributed by atoms with Crippen LogP contribution in [0.5, 0.6) is 0 Å². The highest BCUT2D eigenvalue weighted by molar-refractivity contribution is 5.41. The lowest BCUT2D eigenvalue weighted by atomic mass is 9.65. The molecule has 0 amide bonds. The Balaban J connectivity index is 2.06. The summed E-state index contributed by atoms with van der Waals surface area (Å²) in [5.74, 6) is 0. The third-order valence-electron chi connectivity index (χ3n) is 4.68. The van der Waals surface area contributed by atoms with Crippen molar-refractivity contribution in [1.29, 1.82) is 0 Å². The first-order chi connectivity index (χ1) is 8.57. The molecule has 2 aliphatic rings. The Kier molecular flexibility index (Phi) is 2.76. The second kappa shape index (κ2) is 4.07. The molecule has 18 heavy (non-hydrogen) atoms. The SMILES string of the molecule is CC1(C)CCC(CO)(NC2CC2)c2ccccc21. The average molecular weight is 245 g/mol. The van der Waals surface area contributed by atoms with Gasteiger partial charge in [-0.3, -0.25) is 0 Å². The summed E-state index contributed by atoms with van der Waals surface area (Å²) >= 11 is 0. The molecule has 2 nitrogen and oxygen atoms in total. The Morgan fingerprint density at radius 1 is 1.17 bits per heavy atom. The number of hydrogen-bond acceptors (Lipinski definition) is 2. The fraction of sp³-hybridized carbons (Fsp3) is 0.625. The van der Waals surface area contributed by atoms with E-state index in [0.717, 1.165) is 12.8 Å². The van der Waals surface area contributed by atoms with Crippen LogP contribution >= 0.6 is 0 Å². The van der Waals surface area contributed by atoms with Crippen LogP contribution in [0.2, 0.25) is 0 Å². The van der Waals surface area contributed by atoms with E-state index in [1.807, 2.05) is 0 Å². The maximum atomic E-state index is 9.97. The van der Waals surface area contributed by atoms with E-state index < -0.39 is 0 Å². The van der Waals surface area contributed by atoms with Crippen molar-refractivity contribution in [3.05, 3.63) is 35.4 Å². The van der Waals surface area contributed by atoms with Crippen molar-refractivity contribution in [3.63, 3.8) is 0 Å². The maximum absolute atomic E-state index is 9.97. The number of nitrogens with one attached hydrogen (secondary N) is 1. The number of fused-ring (bicyclic) bond motifs is 1. The second-order valence-electron chi connectivity index (χ2n) is 6.59. The fourth-order valence-corrected chi connectivity index (χ4v) is 3.26. The van der Waals surface area contributed by atoms with Gasteiger partial charge in [0.15, 0.2) is 0 Å². The van der Waals surface area contributed by atoms with E-state index in [4.69, 9.17) is 0 Å². The first-order valence-electron chi connectivity index (χ1n) is 7.06. The maximum Gasteiger partial charge on any atom is 0.0674 e. The molecule has 1 saturated carbocycles. The van der Waals surface area contributed by atoms with Gasteiger partial charge in [-0.2, -0.15) is 0 Å². The molecular formula is C16H23NO. The monoisotopic (exact) mass is 245 g/mol. The van der Waals surface area contributed by atoms with Gasteiger partial charge in [0.1, 0.15) is 0 Å². The van der Waals surface area contributed by atoms with Crippen molar-refractivity contribution in [2.24, 2.45) is 0 Å². The van der Waals surface area contributed by atoms with Crippen LogP contribution < -0.4 is 5.32 Å². The van der Waals surface area contributed by atoms with E-state index in [0.29, 0.717) is 6.04 Å². The Morgan fingerprint density at radius 3 is 2.44 bits per heavy atom. The number of rotatable bonds is 3. The molecule has 0 heterocycles. The van der Waals surface area contributed by atoms with Gasteiger partial charge >= 0.3 is 0 Å². The predicted octanol–water partition coefficient (Wildman–Crippen LogP) is 2.70. The molecule has 0 saturated heterocycles. The van der Waals surface area contributed by atoms with Gasteiger partial charge in [-0.15, -0.1) is 0 Å². The van der Waals surface area contributed by atoms with Crippen molar-refractivity contribution in [1.82, 2.24) is 5.32 Å². The highest BCUT2D eigenvalue weighted by atomic mass is 16.3. The molecule has 0 spiro atoms. The topological polar surface area (TPSA) is 32.3 Å². The van der Waals surface area contributed by atoms with Gasteiger partial charge in [0.25, 0.3) is 0 Å². The summed E-state index contributed by atoms with van der Waals surface area (Å²) in [5.41, 5.74) is 2.74. The van der Waals surface area contributed by atoms with Crippen molar-refractivity contribution in [2.45, 2.75) is 56.5 Å². The summed E-state index contributed by atoms with van der Waals surface area (Å²) in [5, 5.41) is 13.7. The zero-order valence-corrected chi connectivity index (χ0v) is 11.4. The Bertz CT molecular complexity index is 450. The molecular weight excluding hydrogens is 222 g/mol. The third kappa shape index (κ3) is 1.88. The van der Waals surface area contributed by atoms with Crippen LogP contribution in [0.3, 0.4) is 0 Å². The van der Waals surface area contributed by atoms with E-state index >= 15 is 0 Å². The lowest BCUT2D eigenvalue weighted by Gasteiger charge is -2.45. The molecule has 0 aliphatic heterocycles. The number of benzene rings is 1. The van der Waals surface area contributed by atoms with Crippen molar-refractivity contribution in [2.75, 3.05) is 6.61 Å². The minimum absolute atomic E-state index is 0.201.